The molecule has 6 heteroatoms. The van der Waals surface area contributed by atoms with Crippen molar-refractivity contribution in [3.63, 3.8) is 0 Å². The smallest absolute Gasteiger partial charge is 0.238 e. The Morgan fingerprint density at radius 3 is 1.46 bits per heavy atom. The zero-order valence-corrected chi connectivity index (χ0v) is 24.5. The van der Waals surface area contributed by atoms with Gasteiger partial charge in [-0.3, -0.25) is 4.57 Å². The Morgan fingerprint density at radius 2 is 0.913 bits per heavy atom. The van der Waals surface area contributed by atoms with Gasteiger partial charge in [0.2, 0.25) is 5.95 Å². The van der Waals surface area contributed by atoms with Gasteiger partial charge in [0, 0.05) is 38.4 Å². The van der Waals surface area contributed by atoms with Crippen molar-refractivity contribution in [2.24, 2.45) is 0 Å². The SMILES string of the molecule is N#Cc1ccc(-n2c3ccccc3c3ccc4c5ccccc5n(-c5nc(-c6ccccc6)nc(-c6ccccc6)n5)c4c32)cc1. The Kier molecular flexibility index (Phi) is 5.77. The second-order valence-electron chi connectivity index (χ2n) is 11.2. The van der Waals surface area contributed by atoms with Gasteiger partial charge in [-0.2, -0.15) is 15.2 Å². The van der Waals surface area contributed by atoms with Crippen LogP contribution in [-0.2, 0) is 0 Å². The molecule has 6 nitrogen and oxygen atoms in total. The van der Waals surface area contributed by atoms with Gasteiger partial charge >= 0.3 is 0 Å². The van der Waals surface area contributed by atoms with Gasteiger partial charge in [0.25, 0.3) is 0 Å². The fourth-order valence-corrected chi connectivity index (χ4v) is 6.56. The predicted molar refractivity (Wildman–Crippen MR) is 184 cm³/mol. The van der Waals surface area contributed by atoms with Gasteiger partial charge in [-0.15, -0.1) is 0 Å². The molecule has 9 aromatic rings. The van der Waals surface area contributed by atoms with Crippen molar-refractivity contribution < 1.29 is 0 Å². The van der Waals surface area contributed by atoms with Crippen LogP contribution in [0.15, 0.2) is 146 Å². The molecule has 9 rings (SSSR count). The van der Waals surface area contributed by atoms with E-state index >= 15 is 0 Å². The van der Waals surface area contributed by atoms with E-state index in [1.54, 1.807) is 0 Å². The van der Waals surface area contributed by atoms with E-state index in [9.17, 15) is 5.26 Å². The second kappa shape index (κ2) is 10.3. The lowest BCUT2D eigenvalue weighted by molar-refractivity contribution is 0.953. The first kappa shape index (κ1) is 25.9. The van der Waals surface area contributed by atoms with Crippen molar-refractivity contribution in [3.8, 4) is 40.5 Å². The van der Waals surface area contributed by atoms with Crippen LogP contribution >= 0.6 is 0 Å². The molecule has 0 aliphatic heterocycles. The summed E-state index contributed by atoms with van der Waals surface area (Å²) < 4.78 is 4.48. The summed E-state index contributed by atoms with van der Waals surface area (Å²) in [6.45, 7) is 0. The van der Waals surface area contributed by atoms with Crippen molar-refractivity contribution in [1.82, 2.24) is 24.1 Å². The Morgan fingerprint density at radius 1 is 0.435 bits per heavy atom. The van der Waals surface area contributed by atoms with Gasteiger partial charge in [-0.25, -0.2) is 4.98 Å². The van der Waals surface area contributed by atoms with E-state index < -0.39 is 0 Å². The topological polar surface area (TPSA) is 72.3 Å². The molecule has 214 valence electrons. The number of para-hydroxylation sites is 2. The third-order valence-electron chi connectivity index (χ3n) is 8.61. The summed E-state index contributed by atoms with van der Waals surface area (Å²) >= 11 is 0. The lowest BCUT2D eigenvalue weighted by atomic mass is 10.1. The quantitative estimate of drug-likeness (QED) is 0.205. The summed E-state index contributed by atoms with van der Waals surface area (Å²) in [5.41, 5.74) is 7.56. The first-order chi connectivity index (χ1) is 22.8. The molecule has 0 atom stereocenters. The van der Waals surface area contributed by atoms with Crippen LogP contribution in [0.1, 0.15) is 5.56 Å². The second-order valence-corrected chi connectivity index (χ2v) is 11.2. The fraction of sp³-hybridized carbons (Fsp3) is 0. The first-order valence-corrected chi connectivity index (χ1v) is 15.1. The molecule has 3 heterocycles. The molecule has 0 fully saturated rings. The Hall–Kier alpha value is -6.58. The zero-order chi connectivity index (χ0) is 30.6. The molecular weight excluding hydrogens is 564 g/mol. The Bertz CT molecular complexity index is 2570. The highest BCUT2D eigenvalue weighted by Crippen LogP contribution is 2.41. The molecule has 6 aromatic carbocycles. The van der Waals surface area contributed by atoms with Gasteiger partial charge < -0.3 is 4.57 Å². The molecule has 46 heavy (non-hydrogen) atoms. The molecule has 3 aromatic heterocycles. The molecule has 0 N–H and O–H groups in total. The number of hydrogen-bond acceptors (Lipinski definition) is 4. The van der Waals surface area contributed by atoms with E-state index in [-0.39, 0.29) is 0 Å². The van der Waals surface area contributed by atoms with E-state index in [0.29, 0.717) is 23.2 Å². The summed E-state index contributed by atoms with van der Waals surface area (Å²) in [5, 5.41) is 14.0. The molecule has 0 bridgehead atoms. The van der Waals surface area contributed by atoms with Gasteiger partial charge in [0.1, 0.15) is 0 Å². The average molecular weight is 589 g/mol. The third-order valence-corrected chi connectivity index (χ3v) is 8.61. The molecular formula is C40H24N6. The number of nitriles is 1. The van der Waals surface area contributed by atoms with E-state index in [4.69, 9.17) is 15.0 Å². The molecule has 0 saturated heterocycles. The number of nitrogens with zero attached hydrogens (tertiary/aromatic N) is 6. The van der Waals surface area contributed by atoms with Gasteiger partial charge in [-0.05, 0) is 36.4 Å². The lowest BCUT2D eigenvalue weighted by Gasteiger charge is -2.13. The number of aromatic nitrogens is 5. The van der Waals surface area contributed by atoms with Crippen LogP contribution in [0.2, 0.25) is 0 Å². The third kappa shape index (κ3) is 3.93. The maximum atomic E-state index is 9.52. The minimum absolute atomic E-state index is 0.544. The van der Waals surface area contributed by atoms with Crippen LogP contribution in [-0.4, -0.2) is 24.1 Å². The summed E-state index contributed by atoms with van der Waals surface area (Å²) in [5.74, 6) is 1.76. The van der Waals surface area contributed by atoms with E-state index in [1.807, 2.05) is 84.9 Å². The normalized spacial score (nSPS) is 11.5. The number of hydrogen-bond donors (Lipinski definition) is 0. The summed E-state index contributed by atoms with van der Waals surface area (Å²) in [7, 11) is 0. The predicted octanol–water partition coefficient (Wildman–Crippen LogP) is 9.27. The van der Waals surface area contributed by atoms with E-state index in [2.05, 4.69) is 75.9 Å². The molecule has 0 saturated carbocycles. The minimum atomic E-state index is 0.544. The Balaban J connectivity index is 1.46. The van der Waals surface area contributed by atoms with Crippen LogP contribution < -0.4 is 0 Å². The fourth-order valence-electron chi connectivity index (χ4n) is 6.56. The van der Waals surface area contributed by atoms with Crippen LogP contribution in [0.3, 0.4) is 0 Å². The molecule has 0 unspecified atom stereocenters. The number of benzene rings is 6. The standard InChI is InChI=1S/C40H24N6/c41-25-26-19-21-29(22-20-26)45-34-17-9-7-15-30(34)32-23-24-33-31-16-8-10-18-35(31)46(37(33)36(32)45)40-43-38(27-11-3-1-4-12-27)42-39(44-40)28-13-5-2-6-14-28/h1-24H. The largest absolute Gasteiger partial charge is 0.307 e. The van der Waals surface area contributed by atoms with Crippen molar-refractivity contribution in [2.45, 2.75) is 0 Å². The minimum Gasteiger partial charge on any atom is -0.307 e. The maximum absolute atomic E-state index is 9.52. The first-order valence-electron chi connectivity index (χ1n) is 15.1. The summed E-state index contributed by atoms with van der Waals surface area (Å²) in [4.78, 5) is 15.3. The summed E-state index contributed by atoms with van der Waals surface area (Å²) in [6.07, 6.45) is 0. The number of fused-ring (bicyclic) bond motifs is 7. The van der Waals surface area contributed by atoms with Crippen LogP contribution in [0.5, 0.6) is 0 Å². The highest BCUT2D eigenvalue weighted by molar-refractivity contribution is 6.23. The van der Waals surface area contributed by atoms with Gasteiger partial charge in [0.15, 0.2) is 11.6 Å². The highest BCUT2D eigenvalue weighted by atomic mass is 15.2. The number of rotatable bonds is 4. The summed E-state index contributed by atoms with van der Waals surface area (Å²) in [6, 6.07) is 51.4. The van der Waals surface area contributed by atoms with Crippen molar-refractivity contribution in [1.29, 1.82) is 5.26 Å². The molecule has 0 aliphatic rings. The monoisotopic (exact) mass is 588 g/mol. The van der Waals surface area contributed by atoms with E-state index in [0.717, 1.165) is 60.4 Å². The highest BCUT2D eigenvalue weighted by Gasteiger charge is 2.23. The van der Waals surface area contributed by atoms with Crippen molar-refractivity contribution in [3.05, 3.63) is 151 Å². The van der Waals surface area contributed by atoms with Crippen LogP contribution in [0.4, 0.5) is 0 Å². The van der Waals surface area contributed by atoms with Crippen LogP contribution in [0.25, 0.3) is 78.0 Å². The van der Waals surface area contributed by atoms with Crippen LogP contribution in [0, 0.1) is 11.3 Å². The van der Waals surface area contributed by atoms with Gasteiger partial charge in [0.05, 0.1) is 33.7 Å². The van der Waals surface area contributed by atoms with Crippen molar-refractivity contribution in [2.75, 3.05) is 0 Å². The van der Waals surface area contributed by atoms with Crippen molar-refractivity contribution >= 4 is 43.6 Å². The zero-order valence-electron chi connectivity index (χ0n) is 24.5. The maximum Gasteiger partial charge on any atom is 0.238 e. The van der Waals surface area contributed by atoms with E-state index in [1.165, 1.54) is 0 Å². The molecule has 0 amide bonds. The molecule has 0 spiro atoms. The lowest BCUT2D eigenvalue weighted by Crippen LogP contribution is -2.07. The Labute approximate surface area is 264 Å². The average Bonchev–Trinajstić information content (AvgIpc) is 3.65. The van der Waals surface area contributed by atoms with Gasteiger partial charge in [-0.1, -0.05) is 109 Å². The molecule has 0 aliphatic carbocycles. The molecule has 0 radical (unpaired) electrons.